The Balaban J connectivity index is 0.00000261. The molecule has 0 radical (unpaired) electrons. The summed E-state index contributed by atoms with van der Waals surface area (Å²) in [6, 6.07) is 0. The van der Waals surface area contributed by atoms with Crippen molar-refractivity contribution in [3.05, 3.63) is 11.6 Å². The first-order valence-electron chi connectivity index (χ1n) is 10.6. The number of nitrogens with zero attached hydrogens (tertiary/aromatic N) is 4. The highest BCUT2D eigenvalue weighted by Gasteiger charge is 2.18. The van der Waals surface area contributed by atoms with Crippen molar-refractivity contribution in [1.82, 2.24) is 25.4 Å². The van der Waals surface area contributed by atoms with E-state index in [0.29, 0.717) is 0 Å². The molecule has 1 aliphatic carbocycles. The minimum Gasteiger partial charge on any atom is -0.356 e. The van der Waals surface area contributed by atoms with Gasteiger partial charge in [-0.2, -0.15) is 0 Å². The van der Waals surface area contributed by atoms with E-state index in [1.54, 1.807) is 0 Å². The maximum Gasteiger partial charge on any atom is 0.190 e. The molecule has 1 aromatic rings. The van der Waals surface area contributed by atoms with Crippen molar-refractivity contribution in [3.63, 3.8) is 0 Å². The average molecular weight is 488 g/mol. The van der Waals surface area contributed by atoms with Crippen molar-refractivity contribution in [1.29, 1.82) is 0 Å². The van der Waals surface area contributed by atoms with Crippen LogP contribution in [0.1, 0.15) is 69.9 Å². The van der Waals surface area contributed by atoms with E-state index in [1.165, 1.54) is 57.2 Å². The smallest absolute Gasteiger partial charge is 0.190 e. The summed E-state index contributed by atoms with van der Waals surface area (Å²) in [6.07, 6.45) is 12.6. The van der Waals surface area contributed by atoms with Crippen LogP contribution in [0, 0.1) is 11.8 Å². The van der Waals surface area contributed by atoms with Crippen LogP contribution in [0.4, 0.5) is 0 Å². The zero-order valence-corrected chi connectivity index (χ0v) is 19.4. The Kier molecular flexibility index (Phi) is 9.86. The predicted octanol–water partition coefficient (Wildman–Crippen LogP) is 3.55. The third-order valence-corrected chi connectivity index (χ3v) is 5.94. The summed E-state index contributed by atoms with van der Waals surface area (Å²) >= 11 is 0. The Bertz CT molecular complexity index is 585. The Morgan fingerprint density at radius 2 is 1.96 bits per heavy atom. The number of halogens is 1. The van der Waals surface area contributed by atoms with Gasteiger partial charge in [0.05, 0.1) is 0 Å². The van der Waals surface area contributed by atoms with E-state index in [-0.39, 0.29) is 24.0 Å². The summed E-state index contributed by atoms with van der Waals surface area (Å²) in [5, 5.41) is 15.7. The van der Waals surface area contributed by atoms with Gasteiger partial charge in [-0.15, -0.1) is 34.2 Å². The summed E-state index contributed by atoms with van der Waals surface area (Å²) < 4.78 is 2.33. The van der Waals surface area contributed by atoms with E-state index in [2.05, 4.69) is 37.3 Å². The third kappa shape index (κ3) is 6.91. The molecule has 2 aliphatic rings. The molecule has 1 saturated carbocycles. The number of rotatable bonds is 6. The van der Waals surface area contributed by atoms with Gasteiger partial charge in [-0.25, -0.2) is 0 Å². The molecule has 0 saturated heterocycles. The van der Waals surface area contributed by atoms with Crippen molar-refractivity contribution < 1.29 is 0 Å². The highest BCUT2D eigenvalue weighted by atomic mass is 127. The van der Waals surface area contributed by atoms with Crippen LogP contribution in [-0.2, 0) is 19.4 Å². The van der Waals surface area contributed by atoms with Crippen LogP contribution < -0.4 is 10.6 Å². The fourth-order valence-electron chi connectivity index (χ4n) is 4.46. The molecule has 1 aliphatic heterocycles. The van der Waals surface area contributed by atoms with Gasteiger partial charge in [0.1, 0.15) is 11.6 Å². The Labute approximate surface area is 181 Å². The van der Waals surface area contributed by atoms with Gasteiger partial charge in [0.2, 0.25) is 0 Å². The lowest BCUT2D eigenvalue weighted by atomic mass is 9.81. The molecule has 2 atom stereocenters. The molecule has 27 heavy (non-hydrogen) atoms. The molecule has 3 rings (SSSR count). The van der Waals surface area contributed by atoms with Gasteiger partial charge in [0.15, 0.2) is 5.96 Å². The predicted molar refractivity (Wildman–Crippen MR) is 122 cm³/mol. The molecule has 2 heterocycles. The fraction of sp³-hybridized carbons (Fsp3) is 0.850. The second-order valence-electron chi connectivity index (χ2n) is 8.10. The number of fused-ring (bicyclic) bond motifs is 1. The summed E-state index contributed by atoms with van der Waals surface area (Å²) in [5.41, 5.74) is 0. The zero-order valence-electron chi connectivity index (χ0n) is 17.0. The summed E-state index contributed by atoms with van der Waals surface area (Å²) in [5.74, 6) is 4.98. The zero-order chi connectivity index (χ0) is 18.2. The van der Waals surface area contributed by atoms with Crippen LogP contribution in [-0.4, -0.2) is 40.9 Å². The number of guanidine groups is 1. The van der Waals surface area contributed by atoms with Gasteiger partial charge in [-0.1, -0.05) is 32.6 Å². The standard InChI is InChI=1S/C20H36N6.HI/c1-16-7-6-8-17(15-16)10-12-22-20(21-2)23-13-11-19-25-24-18-9-4-3-5-14-26(18)19;/h16-17H,3-15H2,1-2H3,(H2,21,22,23);1H. The minimum atomic E-state index is 0. The maximum atomic E-state index is 4.41. The molecule has 0 bridgehead atoms. The highest BCUT2D eigenvalue weighted by molar-refractivity contribution is 14.0. The molecule has 2 N–H and O–H groups in total. The van der Waals surface area contributed by atoms with Crippen molar-refractivity contribution in [3.8, 4) is 0 Å². The summed E-state index contributed by atoms with van der Waals surface area (Å²) in [7, 11) is 1.85. The Morgan fingerprint density at radius 3 is 2.78 bits per heavy atom. The van der Waals surface area contributed by atoms with Gasteiger partial charge in [-0.05, 0) is 37.5 Å². The SMILES string of the molecule is CN=C(NCCc1nnc2n1CCCCC2)NCCC1CCCC(C)C1.I. The van der Waals surface area contributed by atoms with Crippen molar-refractivity contribution >= 4 is 29.9 Å². The quantitative estimate of drug-likeness (QED) is 0.365. The Hall–Kier alpha value is -0.860. The van der Waals surface area contributed by atoms with E-state index in [1.807, 2.05) is 7.05 Å². The average Bonchev–Trinajstić information content (AvgIpc) is 2.87. The summed E-state index contributed by atoms with van der Waals surface area (Å²) in [6.45, 7) is 5.32. The Morgan fingerprint density at radius 1 is 1.11 bits per heavy atom. The molecule has 2 unspecified atom stereocenters. The summed E-state index contributed by atoms with van der Waals surface area (Å²) in [4.78, 5) is 4.36. The lowest BCUT2D eigenvalue weighted by molar-refractivity contribution is 0.270. The molecule has 6 nitrogen and oxygen atoms in total. The number of aryl methyl sites for hydroxylation is 1. The van der Waals surface area contributed by atoms with Crippen LogP contribution in [0.5, 0.6) is 0 Å². The lowest BCUT2D eigenvalue weighted by Gasteiger charge is -2.26. The van der Waals surface area contributed by atoms with E-state index in [0.717, 1.165) is 56.1 Å². The van der Waals surface area contributed by atoms with Crippen LogP contribution in [0.15, 0.2) is 4.99 Å². The molecular weight excluding hydrogens is 451 g/mol. The van der Waals surface area contributed by atoms with Crippen LogP contribution in [0.2, 0.25) is 0 Å². The number of nitrogens with one attached hydrogen (secondary N) is 2. The maximum absolute atomic E-state index is 4.41. The first-order chi connectivity index (χ1) is 12.8. The topological polar surface area (TPSA) is 67.1 Å². The molecule has 1 fully saturated rings. The van der Waals surface area contributed by atoms with Gasteiger partial charge in [0.25, 0.3) is 0 Å². The number of hydrogen-bond acceptors (Lipinski definition) is 3. The van der Waals surface area contributed by atoms with Gasteiger partial charge < -0.3 is 15.2 Å². The highest BCUT2D eigenvalue weighted by Crippen LogP contribution is 2.30. The van der Waals surface area contributed by atoms with Crippen molar-refractivity contribution in [2.24, 2.45) is 16.8 Å². The molecular formula is C20H37IN6. The first kappa shape index (κ1) is 22.4. The number of aliphatic imine (C=N–C) groups is 1. The second kappa shape index (κ2) is 11.9. The second-order valence-corrected chi connectivity index (χ2v) is 8.10. The molecule has 7 heteroatoms. The largest absolute Gasteiger partial charge is 0.356 e. The number of aromatic nitrogens is 3. The van der Waals surface area contributed by atoms with Crippen molar-refractivity contribution in [2.75, 3.05) is 20.1 Å². The van der Waals surface area contributed by atoms with Crippen LogP contribution in [0.25, 0.3) is 0 Å². The van der Waals surface area contributed by atoms with Gasteiger partial charge in [0, 0.05) is 39.5 Å². The molecule has 1 aromatic heterocycles. The van der Waals surface area contributed by atoms with E-state index >= 15 is 0 Å². The minimum absolute atomic E-state index is 0. The fourth-order valence-corrected chi connectivity index (χ4v) is 4.46. The van der Waals surface area contributed by atoms with Gasteiger partial charge in [-0.3, -0.25) is 4.99 Å². The van der Waals surface area contributed by atoms with Crippen molar-refractivity contribution in [2.45, 2.75) is 77.7 Å². The normalized spacial score (nSPS) is 23.1. The number of hydrogen-bond donors (Lipinski definition) is 2. The van der Waals surface area contributed by atoms with Crippen LogP contribution >= 0.6 is 24.0 Å². The molecule has 0 aromatic carbocycles. The van der Waals surface area contributed by atoms with Crippen LogP contribution in [0.3, 0.4) is 0 Å². The molecule has 0 spiro atoms. The lowest BCUT2D eigenvalue weighted by Crippen LogP contribution is -2.39. The van der Waals surface area contributed by atoms with E-state index < -0.39 is 0 Å². The third-order valence-electron chi connectivity index (χ3n) is 5.94. The molecule has 0 amide bonds. The molecule has 154 valence electrons. The van der Waals surface area contributed by atoms with Gasteiger partial charge >= 0.3 is 0 Å². The van der Waals surface area contributed by atoms with E-state index in [4.69, 9.17) is 0 Å². The monoisotopic (exact) mass is 488 g/mol. The first-order valence-corrected chi connectivity index (χ1v) is 10.6. The van der Waals surface area contributed by atoms with E-state index in [9.17, 15) is 0 Å².